The highest BCUT2D eigenvalue weighted by molar-refractivity contribution is 7.91. The van der Waals surface area contributed by atoms with E-state index in [2.05, 4.69) is 0 Å². The predicted octanol–water partition coefficient (Wildman–Crippen LogP) is 1.62. The normalized spacial score (nSPS) is 12.8. The first-order valence-corrected chi connectivity index (χ1v) is 13.4. The average molecular weight is 479 g/mol. The van der Waals surface area contributed by atoms with Crippen LogP contribution >= 0.6 is 0 Å². The van der Waals surface area contributed by atoms with Crippen LogP contribution in [0.1, 0.15) is 16.7 Å². The molecule has 0 fully saturated rings. The van der Waals surface area contributed by atoms with Crippen molar-refractivity contribution in [1.82, 2.24) is 0 Å². The molecule has 0 amide bonds. The Labute approximate surface area is 176 Å². The number of rotatable bonds is 9. The first-order chi connectivity index (χ1) is 13.7. The minimum atomic E-state index is -4.77. The Balaban J connectivity index is 2.08. The summed E-state index contributed by atoms with van der Waals surface area (Å²) in [4.78, 5) is -0.800. The first kappa shape index (κ1) is 24.3. The third-order valence-electron chi connectivity index (χ3n) is 4.35. The lowest BCUT2D eigenvalue weighted by Crippen LogP contribution is -2.20. The molecule has 0 atom stereocenters. The van der Waals surface area contributed by atoms with Gasteiger partial charge >= 0.3 is 0 Å². The maximum absolute atomic E-state index is 12.3. The van der Waals surface area contributed by atoms with E-state index in [1.165, 1.54) is 31.2 Å². The minimum Gasteiger partial charge on any atom is -0.506 e. The zero-order valence-electron chi connectivity index (χ0n) is 16.3. The molecule has 0 bridgehead atoms. The van der Waals surface area contributed by atoms with Crippen molar-refractivity contribution in [2.45, 2.75) is 30.1 Å². The number of phenolic OH excluding ortho intramolecular Hbond substituents is 1. The van der Waals surface area contributed by atoms with Gasteiger partial charge in [-0.05, 0) is 43.0 Å². The molecule has 2 aromatic carbocycles. The van der Waals surface area contributed by atoms with Gasteiger partial charge in [-0.25, -0.2) is 8.42 Å². The molecule has 0 heterocycles. The molecule has 12 heteroatoms. The molecule has 166 valence electrons. The number of aryl methyl sites for hydroxylation is 3. The van der Waals surface area contributed by atoms with Gasteiger partial charge in [0.15, 0.2) is 9.84 Å². The molecule has 2 N–H and O–H groups in total. The van der Waals surface area contributed by atoms with Crippen LogP contribution in [0, 0.1) is 13.8 Å². The van der Waals surface area contributed by atoms with E-state index in [1.807, 2.05) is 0 Å². The van der Waals surface area contributed by atoms with Gasteiger partial charge in [-0.2, -0.15) is 16.8 Å². The van der Waals surface area contributed by atoms with E-state index in [1.54, 1.807) is 19.1 Å². The molecule has 2 rings (SSSR count). The van der Waals surface area contributed by atoms with Gasteiger partial charge in [0.05, 0.1) is 23.0 Å². The molecule has 0 unspecified atom stereocenters. The Morgan fingerprint density at radius 1 is 0.867 bits per heavy atom. The maximum Gasteiger partial charge on any atom is 0.298 e. The summed E-state index contributed by atoms with van der Waals surface area (Å²) in [6, 6.07) is 8.79. The van der Waals surface area contributed by atoms with Crippen LogP contribution in [-0.4, -0.2) is 53.0 Å². The molecule has 30 heavy (non-hydrogen) atoms. The van der Waals surface area contributed by atoms with E-state index in [0.717, 1.165) is 0 Å². The molecule has 0 saturated heterocycles. The lowest BCUT2D eigenvalue weighted by Gasteiger charge is -2.12. The van der Waals surface area contributed by atoms with Crippen LogP contribution in [0.2, 0.25) is 0 Å². The number of phenols is 1. The van der Waals surface area contributed by atoms with Crippen LogP contribution in [-0.2, 0) is 40.7 Å². The summed E-state index contributed by atoms with van der Waals surface area (Å²) in [5.41, 5.74) is 0.582. The summed E-state index contributed by atoms with van der Waals surface area (Å²) in [5, 5.41) is 9.93. The molecule has 0 spiro atoms. The largest absolute Gasteiger partial charge is 0.506 e. The minimum absolute atomic E-state index is 0.0599. The number of hydrogen-bond acceptors (Lipinski definition) is 8. The van der Waals surface area contributed by atoms with Gasteiger partial charge in [0.25, 0.3) is 20.2 Å². The fraction of sp³-hybridized carbons (Fsp3) is 0.333. The van der Waals surface area contributed by atoms with Gasteiger partial charge in [-0.15, -0.1) is 0 Å². The van der Waals surface area contributed by atoms with Crippen LogP contribution in [0.3, 0.4) is 0 Å². The van der Waals surface area contributed by atoms with E-state index in [9.17, 15) is 34.9 Å². The third kappa shape index (κ3) is 6.01. The quantitative estimate of drug-likeness (QED) is 0.404. The van der Waals surface area contributed by atoms with Gasteiger partial charge in [0, 0.05) is 0 Å². The lowest BCUT2D eigenvalue weighted by molar-refractivity contribution is 0.338. The van der Waals surface area contributed by atoms with Crippen LogP contribution < -0.4 is 0 Å². The molecule has 2 aromatic rings. The van der Waals surface area contributed by atoms with Gasteiger partial charge < -0.3 is 5.11 Å². The number of sulfone groups is 1. The molecule has 0 aromatic heterocycles. The second kappa shape index (κ2) is 9.02. The van der Waals surface area contributed by atoms with Gasteiger partial charge in [-0.3, -0.25) is 8.74 Å². The second-order valence-electron chi connectivity index (χ2n) is 6.64. The van der Waals surface area contributed by atoms with E-state index >= 15 is 0 Å². The van der Waals surface area contributed by atoms with Crippen LogP contribution in [0.4, 0.5) is 0 Å². The number of benzene rings is 2. The fourth-order valence-electron chi connectivity index (χ4n) is 2.73. The maximum atomic E-state index is 12.3. The van der Waals surface area contributed by atoms with Crippen molar-refractivity contribution in [1.29, 1.82) is 0 Å². The zero-order valence-corrected chi connectivity index (χ0v) is 18.7. The number of hydrogen-bond donors (Lipinski definition) is 2. The highest BCUT2D eigenvalue weighted by Crippen LogP contribution is 2.30. The molecule has 0 aliphatic carbocycles. The monoisotopic (exact) mass is 478 g/mol. The summed E-state index contributed by atoms with van der Waals surface area (Å²) in [7, 11) is -12.7. The fourth-order valence-corrected chi connectivity index (χ4v) is 5.96. The van der Waals surface area contributed by atoms with E-state index in [0.29, 0.717) is 5.56 Å². The molecule has 0 aliphatic rings. The van der Waals surface area contributed by atoms with E-state index < -0.39 is 58.8 Å². The standard InChI is InChI=1S/C18H22O9S3/c1-13-5-3-4-6-16(13)30(25,26)27-10-12-28(20,21)11-9-15-8-7-14(2)17(19)18(15)29(22,23)24/h3-8,19H,9-12H2,1-2H3,(H,22,23,24). The van der Waals surface area contributed by atoms with E-state index in [4.69, 9.17) is 4.18 Å². The highest BCUT2D eigenvalue weighted by Gasteiger charge is 2.24. The first-order valence-electron chi connectivity index (χ1n) is 8.69. The van der Waals surface area contributed by atoms with Gasteiger partial charge in [0.1, 0.15) is 10.6 Å². The second-order valence-corrected chi connectivity index (χ2v) is 11.9. The smallest absolute Gasteiger partial charge is 0.298 e. The molecular formula is C18H22O9S3. The number of aromatic hydroxyl groups is 1. The van der Waals surface area contributed by atoms with Crippen molar-refractivity contribution >= 4 is 30.1 Å². The average Bonchev–Trinajstić information content (AvgIpc) is 2.61. The van der Waals surface area contributed by atoms with Crippen LogP contribution in [0.15, 0.2) is 46.2 Å². The Morgan fingerprint density at radius 3 is 2.10 bits per heavy atom. The van der Waals surface area contributed by atoms with Crippen LogP contribution in [0.25, 0.3) is 0 Å². The Morgan fingerprint density at radius 2 is 1.50 bits per heavy atom. The molecule has 0 saturated carbocycles. The highest BCUT2D eigenvalue weighted by atomic mass is 32.2. The van der Waals surface area contributed by atoms with Crippen molar-refractivity contribution in [3.8, 4) is 5.75 Å². The van der Waals surface area contributed by atoms with Gasteiger partial charge in [0.2, 0.25) is 0 Å². The molecule has 0 aliphatic heterocycles. The summed E-state index contributed by atoms with van der Waals surface area (Å²) in [6.45, 7) is 2.40. The summed E-state index contributed by atoms with van der Waals surface area (Å²) in [6.07, 6.45) is -0.310. The van der Waals surface area contributed by atoms with E-state index in [-0.39, 0.29) is 22.4 Å². The molecule has 9 nitrogen and oxygen atoms in total. The Kier molecular flexibility index (Phi) is 7.30. The third-order valence-corrected chi connectivity index (χ3v) is 8.41. The van der Waals surface area contributed by atoms with Crippen molar-refractivity contribution < 1.29 is 39.1 Å². The summed E-state index contributed by atoms with van der Waals surface area (Å²) < 4.78 is 86.2. The summed E-state index contributed by atoms with van der Waals surface area (Å²) >= 11 is 0. The van der Waals surface area contributed by atoms with Crippen molar-refractivity contribution in [3.05, 3.63) is 53.1 Å². The van der Waals surface area contributed by atoms with Crippen LogP contribution in [0.5, 0.6) is 5.75 Å². The topological polar surface area (TPSA) is 152 Å². The van der Waals surface area contributed by atoms with Gasteiger partial charge in [-0.1, -0.05) is 30.3 Å². The van der Waals surface area contributed by atoms with Crippen molar-refractivity contribution in [2.75, 3.05) is 18.1 Å². The van der Waals surface area contributed by atoms with Crippen molar-refractivity contribution in [3.63, 3.8) is 0 Å². The predicted molar refractivity (Wildman–Crippen MR) is 109 cm³/mol. The molecule has 0 radical (unpaired) electrons. The summed E-state index contributed by atoms with van der Waals surface area (Å²) in [5.74, 6) is -1.80. The molecular weight excluding hydrogens is 456 g/mol. The SMILES string of the molecule is Cc1ccccc1S(=O)(=O)OCCS(=O)(=O)CCc1ccc(C)c(O)c1S(=O)(=O)O. The van der Waals surface area contributed by atoms with Crippen molar-refractivity contribution in [2.24, 2.45) is 0 Å². The Hall–Kier alpha value is -1.99. The lowest BCUT2D eigenvalue weighted by atomic mass is 10.1. The Bertz CT molecular complexity index is 1250. The zero-order chi connectivity index (χ0) is 22.7.